The highest BCUT2D eigenvalue weighted by Gasteiger charge is 2.33. The predicted octanol–water partition coefficient (Wildman–Crippen LogP) is 2.30. The molecule has 154 valence electrons. The van der Waals surface area contributed by atoms with Gasteiger partial charge in [-0.1, -0.05) is 30.3 Å². The minimum absolute atomic E-state index is 0.0370. The number of aromatic nitrogens is 1. The van der Waals surface area contributed by atoms with Crippen molar-refractivity contribution in [1.82, 2.24) is 20.5 Å². The van der Waals surface area contributed by atoms with Crippen LogP contribution in [0.15, 0.2) is 35.7 Å². The Hall–Kier alpha value is -2.78. The van der Waals surface area contributed by atoms with Gasteiger partial charge in [0.15, 0.2) is 5.13 Å². The molecule has 3 rings (SSSR count). The molecule has 1 aromatic carbocycles. The van der Waals surface area contributed by atoms with E-state index in [-0.39, 0.29) is 17.7 Å². The third-order valence-corrected chi connectivity index (χ3v) is 5.82. The van der Waals surface area contributed by atoms with E-state index in [4.69, 9.17) is 0 Å². The second-order valence-corrected chi connectivity index (χ2v) is 7.83. The zero-order chi connectivity index (χ0) is 20.8. The van der Waals surface area contributed by atoms with Gasteiger partial charge in [-0.25, -0.2) is 9.78 Å². The maximum atomic E-state index is 12.8. The number of aryl methyl sites for hydroxylation is 1. The van der Waals surface area contributed by atoms with Crippen LogP contribution in [0.5, 0.6) is 0 Å². The van der Waals surface area contributed by atoms with Gasteiger partial charge in [-0.2, -0.15) is 0 Å². The second-order valence-electron chi connectivity index (χ2n) is 6.98. The van der Waals surface area contributed by atoms with Crippen LogP contribution in [0.25, 0.3) is 0 Å². The van der Waals surface area contributed by atoms with Crippen molar-refractivity contribution >= 4 is 34.3 Å². The number of rotatable bonds is 5. The first-order valence-electron chi connectivity index (χ1n) is 9.52. The van der Waals surface area contributed by atoms with E-state index in [1.54, 1.807) is 0 Å². The Bertz CT molecular complexity index is 862. The number of imide groups is 1. The third-order valence-electron chi connectivity index (χ3n) is 4.94. The van der Waals surface area contributed by atoms with Crippen molar-refractivity contribution in [2.45, 2.75) is 25.8 Å². The van der Waals surface area contributed by atoms with Crippen molar-refractivity contribution in [3.63, 3.8) is 0 Å². The largest absolute Gasteiger partial charge is 0.341 e. The number of hydrogen-bond donors (Lipinski definition) is 3. The lowest BCUT2D eigenvalue weighted by Crippen LogP contribution is -2.48. The van der Waals surface area contributed by atoms with E-state index in [9.17, 15) is 14.4 Å². The number of amides is 4. The number of nitrogens with zero attached hydrogens (tertiary/aromatic N) is 2. The minimum Gasteiger partial charge on any atom is -0.341 e. The molecular formula is C20H25N5O3S. The monoisotopic (exact) mass is 415 g/mol. The maximum absolute atomic E-state index is 12.8. The fourth-order valence-electron chi connectivity index (χ4n) is 3.44. The van der Waals surface area contributed by atoms with Gasteiger partial charge in [0, 0.05) is 18.3 Å². The van der Waals surface area contributed by atoms with Gasteiger partial charge in [-0.15, -0.1) is 11.3 Å². The molecule has 0 radical (unpaired) electrons. The molecule has 9 heteroatoms. The van der Waals surface area contributed by atoms with Crippen LogP contribution >= 0.6 is 11.3 Å². The molecule has 1 atom stereocenters. The van der Waals surface area contributed by atoms with Gasteiger partial charge in [-0.05, 0) is 38.4 Å². The SMILES string of the molecule is CNC(=O)NC(=O)C(c1ccccc1)N1CCC(C(=O)Nc2nc(C)cs2)CC1. The standard InChI is InChI=1S/C20H25N5O3S/c1-13-12-29-20(22-13)24-17(26)15-8-10-25(11-9-15)16(14-6-4-3-5-7-14)18(27)23-19(28)21-2/h3-7,12,15-16H,8-11H2,1-2H3,(H,22,24,26)(H2,21,23,27,28). The van der Waals surface area contributed by atoms with Crippen LogP contribution in [-0.4, -0.2) is 47.9 Å². The van der Waals surface area contributed by atoms with Crippen LogP contribution < -0.4 is 16.0 Å². The van der Waals surface area contributed by atoms with Crippen LogP contribution in [-0.2, 0) is 9.59 Å². The van der Waals surface area contributed by atoms with Gasteiger partial charge >= 0.3 is 6.03 Å². The molecule has 0 saturated carbocycles. The maximum Gasteiger partial charge on any atom is 0.321 e. The van der Waals surface area contributed by atoms with E-state index in [2.05, 4.69) is 20.9 Å². The number of nitrogens with one attached hydrogen (secondary N) is 3. The number of likely N-dealkylation sites (tertiary alicyclic amines) is 1. The Morgan fingerprint density at radius 3 is 2.45 bits per heavy atom. The van der Waals surface area contributed by atoms with Crippen LogP contribution in [0.1, 0.15) is 30.1 Å². The topological polar surface area (TPSA) is 103 Å². The number of benzene rings is 1. The highest BCUT2D eigenvalue weighted by molar-refractivity contribution is 7.13. The molecular weight excluding hydrogens is 390 g/mol. The molecule has 1 aliphatic rings. The lowest BCUT2D eigenvalue weighted by atomic mass is 9.93. The summed E-state index contributed by atoms with van der Waals surface area (Å²) in [4.78, 5) is 43.2. The summed E-state index contributed by atoms with van der Waals surface area (Å²) in [7, 11) is 1.47. The summed E-state index contributed by atoms with van der Waals surface area (Å²) < 4.78 is 0. The third kappa shape index (κ3) is 5.39. The molecule has 2 heterocycles. The molecule has 1 aliphatic heterocycles. The Labute approximate surface area is 173 Å². The highest BCUT2D eigenvalue weighted by atomic mass is 32.1. The molecule has 3 N–H and O–H groups in total. The lowest BCUT2D eigenvalue weighted by molar-refractivity contribution is -0.127. The predicted molar refractivity (Wildman–Crippen MR) is 112 cm³/mol. The number of carbonyl (C=O) groups excluding carboxylic acids is 3. The van der Waals surface area contributed by atoms with Crippen molar-refractivity contribution in [1.29, 1.82) is 0 Å². The van der Waals surface area contributed by atoms with E-state index in [0.29, 0.717) is 31.1 Å². The number of hydrogen-bond acceptors (Lipinski definition) is 6. The van der Waals surface area contributed by atoms with E-state index in [1.807, 2.05) is 47.5 Å². The summed E-state index contributed by atoms with van der Waals surface area (Å²) in [5, 5.41) is 10.2. The molecule has 2 aromatic rings. The summed E-state index contributed by atoms with van der Waals surface area (Å²) in [6.07, 6.45) is 1.26. The lowest BCUT2D eigenvalue weighted by Gasteiger charge is -2.36. The van der Waals surface area contributed by atoms with Gasteiger partial charge in [0.05, 0.1) is 5.69 Å². The van der Waals surface area contributed by atoms with Crippen LogP contribution in [0.2, 0.25) is 0 Å². The average molecular weight is 416 g/mol. The Morgan fingerprint density at radius 1 is 1.17 bits per heavy atom. The number of piperidine rings is 1. The molecule has 0 bridgehead atoms. The van der Waals surface area contributed by atoms with Crippen LogP contribution in [0.3, 0.4) is 0 Å². The van der Waals surface area contributed by atoms with Gasteiger partial charge < -0.3 is 10.6 Å². The van der Waals surface area contributed by atoms with E-state index in [0.717, 1.165) is 11.3 Å². The Kier molecular flexibility index (Phi) is 6.95. The highest BCUT2D eigenvalue weighted by Crippen LogP contribution is 2.28. The van der Waals surface area contributed by atoms with E-state index in [1.165, 1.54) is 18.4 Å². The van der Waals surface area contributed by atoms with E-state index >= 15 is 0 Å². The van der Waals surface area contributed by atoms with Crippen LogP contribution in [0.4, 0.5) is 9.93 Å². The summed E-state index contributed by atoms with van der Waals surface area (Å²) >= 11 is 1.41. The summed E-state index contributed by atoms with van der Waals surface area (Å²) in [6, 6.07) is 8.24. The van der Waals surface area contributed by atoms with Gasteiger partial charge in [0.2, 0.25) is 11.8 Å². The molecule has 0 aliphatic carbocycles. The quantitative estimate of drug-likeness (QED) is 0.695. The van der Waals surface area contributed by atoms with Crippen molar-refractivity contribution in [2.24, 2.45) is 5.92 Å². The van der Waals surface area contributed by atoms with Gasteiger partial charge in [0.1, 0.15) is 6.04 Å². The average Bonchev–Trinajstić information content (AvgIpc) is 3.14. The minimum atomic E-state index is -0.584. The van der Waals surface area contributed by atoms with Crippen molar-refractivity contribution in [3.05, 3.63) is 47.0 Å². The summed E-state index contributed by atoms with van der Waals surface area (Å²) in [5.41, 5.74) is 1.70. The van der Waals surface area contributed by atoms with Crippen molar-refractivity contribution in [2.75, 3.05) is 25.5 Å². The summed E-state index contributed by atoms with van der Waals surface area (Å²) in [6.45, 7) is 3.05. The number of thiazole rings is 1. The zero-order valence-corrected chi connectivity index (χ0v) is 17.3. The first kappa shape index (κ1) is 20.9. The molecule has 4 amide bonds. The molecule has 1 aromatic heterocycles. The van der Waals surface area contributed by atoms with Crippen molar-refractivity contribution in [3.8, 4) is 0 Å². The van der Waals surface area contributed by atoms with E-state index < -0.39 is 12.1 Å². The molecule has 1 fully saturated rings. The number of anilines is 1. The molecule has 29 heavy (non-hydrogen) atoms. The normalized spacial score (nSPS) is 16.1. The molecule has 8 nitrogen and oxygen atoms in total. The summed E-state index contributed by atoms with van der Waals surface area (Å²) in [5.74, 6) is -0.546. The second kappa shape index (κ2) is 9.62. The number of urea groups is 1. The first-order valence-corrected chi connectivity index (χ1v) is 10.4. The number of carbonyl (C=O) groups is 3. The zero-order valence-electron chi connectivity index (χ0n) is 16.5. The molecule has 1 unspecified atom stereocenters. The molecule has 1 saturated heterocycles. The fraction of sp³-hybridized carbons (Fsp3) is 0.400. The Morgan fingerprint density at radius 2 is 1.86 bits per heavy atom. The molecule has 0 spiro atoms. The van der Waals surface area contributed by atoms with Gasteiger partial charge in [-0.3, -0.25) is 19.8 Å². The Balaban J connectivity index is 1.65. The fourth-order valence-corrected chi connectivity index (χ4v) is 4.14. The van der Waals surface area contributed by atoms with Crippen molar-refractivity contribution < 1.29 is 14.4 Å². The van der Waals surface area contributed by atoms with Crippen LogP contribution in [0, 0.1) is 12.8 Å². The first-order chi connectivity index (χ1) is 14.0. The van der Waals surface area contributed by atoms with Gasteiger partial charge in [0.25, 0.3) is 0 Å². The smallest absolute Gasteiger partial charge is 0.321 e.